The number of hydrogen-bond acceptors (Lipinski definition) is 8. The van der Waals surface area contributed by atoms with Crippen molar-refractivity contribution in [1.82, 2.24) is 0 Å². The standard InChI is InChI=1S/C5H7O8P/c6-1-2(7)3(8)5-4(9)11-14(10,12-5)13-5/h2-3,6-8H,1H2. The van der Waals surface area contributed by atoms with Gasteiger partial charge in [0.2, 0.25) is 0 Å². The molecule has 0 aromatic heterocycles. The molecule has 3 saturated heterocycles. The minimum Gasteiger partial charge on any atom is -0.394 e. The van der Waals surface area contributed by atoms with E-state index in [1.165, 1.54) is 0 Å². The lowest BCUT2D eigenvalue weighted by Crippen LogP contribution is -2.57. The fourth-order valence-corrected chi connectivity index (χ4v) is 2.65. The van der Waals surface area contributed by atoms with Crippen LogP contribution in [0.2, 0.25) is 0 Å². The Bertz CT molecular complexity index is 316. The van der Waals surface area contributed by atoms with Gasteiger partial charge in [0.1, 0.15) is 12.2 Å². The monoisotopic (exact) mass is 226 g/mol. The van der Waals surface area contributed by atoms with Crippen molar-refractivity contribution in [3.8, 4) is 0 Å². The molecule has 0 saturated carbocycles. The van der Waals surface area contributed by atoms with E-state index in [2.05, 4.69) is 13.6 Å². The summed E-state index contributed by atoms with van der Waals surface area (Å²) in [5, 5.41) is 26.8. The van der Waals surface area contributed by atoms with E-state index in [-0.39, 0.29) is 0 Å². The highest BCUT2D eigenvalue weighted by Gasteiger charge is 2.77. The molecule has 0 amide bonds. The molecule has 0 aliphatic carbocycles. The van der Waals surface area contributed by atoms with Crippen molar-refractivity contribution in [2.24, 2.45) is 0 Å². The zero-order chi connectivity index (χ0) is 10.6. The third kappa shape index (κ3) is 1.07. The van der Waals surface area contributed by atoms with Crippen LogP contribution in [-0.4, -0.2) is 45.9 Å². The number of aliphatic hydroxyl groups excluding tert-OH is 3. The fraction of sp³-hybridized carbons (Fsp3) is 0.800. The predicted octanol–water partition coefficient (Wildman–Crippen LogP) is -1.89. The highest BCUT2D eigenvalue weighted by atomic mass is 31.2. The van der Waals surface area contributed by atoms with E-state index in [0.717, 1.165) is 0 Å². The van der Waals surface area contributed by atoms with Crippen LogP contribution in [-0.2, 0) is 22.9 Å². The molecule has 3 N–H and O–H groups in total. The molecule has 9 heteroatoms. The van der Waals surface area contributed by atoms with Crippen LogP contribution in [0.4, 0.5) is 0 Å². The Labute approximate surface area is 77.6 Å². The smallest absolute Gasteiger partial charge is 0.394 e. The Hall–Kier alpha value is -0.500. The lowest BCUT2D eigenvalue weighted by molar-refractivity contribution is -0.243. The molecule has 0 aromatic carbocycles. The minimum absolute atomic E-state index is 0.798. The van der Waals surface area contributed by atoms with Gasteiger partial charge in [-0.25, -0.2) is 18.4 Å². The van der Waals surface area contributed by atoms with Gasteiger partial charge in [-0.3, -0.25) is 0 Å². The first-order valence-electron chi connectivity index (χ1n) is 3.66. The van der Waals surface area contributed by atoms with Gasteiger partial charge in [0.05, 0.1) is 6.61 Å². The average Bonchev–Trinajstić information content (AvgIpc) is 2.48. The molecule has 2 atom stereocenters. The lowest BCUT2D eigenvalue weighted by atomic mass is 10.1. The fourth-order valence-electron chi connectivity index (χ4n) is 1.20. The quantitative estimate of drug-likeness (QED) is 0.477. The summed E-state index contributed by atoms with van der Waals surface area (Å²) in [5.74, 6) is -3.40. The van der Waals surface area contributed by atoms with Crippen molar-refractivity contribution in [3.63, 3.8) is 0 Å². The second-order valence-corrected chi connectivity index (χ2v) is 4.31. The second-order valence-electron chi connectivity index (χ2n) is 2.87. The van der Waals surface area contributed by atoms with Crippen LogP contribution >= 0.6 is 7.82 Å². The summed E-state index contributed by atoms with van der Waals surface area (Å²) in [7, 11) is -3.83. The summed E-state index contributed by atoms with van der Waals surface area (Å²) in [6, 6.07) is 0. The van der Waals surface area contributed by atoms with Crippen molar-refractivity contribution in [2.75, 3.05) is 6.61 Å². The number of carbonyl (C=O) groups excluding carboxylic acids is 1. The molecule has 0 spiro atoms. The maximum atomic E-state index is 11.0. The van der Waals surface area contributed by atoms with Gasteiger partial charge >= 0.3 is 19.6 Å². The topological polar surface area (TPSA) is 123 Å². The molecular formula is C5H7O8P. The first-order valence-corrected chi connectivity index (χ1v) is 5.12. The van der Waals surface area contributed by atoms with E-state index in [9.17, 15) is 14.5 Å². The molecular weight excluding hydrogens is 219 g/mol. The minimum atomic E-state index is -3.83. The molecule has 3 heterocycles. The van der Waals surface area contributed by atoms with E-state index in [1.807, 2.05) is 0 Å². The average molecular weight is 226 g/mol. The van der Waals surface area contributed by atoms with Crippen LogP contribution in [0, 0.1) is 0 Å². The van der Waals surface area contributed by atoms with Crippen LogP contribution in [0.25, 0.3) is 0 Å². The molecule has 2 bridgehead atoms. The van der Waals surface area contributed by atoms with Gasteiger partial charge in [-0.15, -0.1) is 0 Å². The Balaban J connectivity index is 2.20. The summed E-state index contributed by atoms with van der Waals surface area (Å²) in [6.45, 7) is -0.798. The van der Waals surface area contributed by atoms with Gasteiger partial charge in [0, 0.05) is 0 Å². The molecule has 3 aliphatic rings. The number of rotatable bonds is 3. The number of phosphoric acid groups is 1. The first kappa shape index (κ1) is 10.0. The summed E-state index contributed by atoms with van der Waals surface area (Å²) >= 11 is 0. The first-order chi connectivity index (χ1) is 6.43. The number of hydrogen-bond donors (Lipinski definition) is 3. The van der Waals surface area contributed by atoms with Gasteiger partial charge in [-0.1, -0.05) is 0 Å². The second kappa shape index (κ2) is 2.75. The highest BCUT2D eigenvalue weighted by molar-refractivity contribution is 7.51. The molecule has 3 aliphatic heterocycles. The SMILES string of the molecule is O=C1OP2(=O)OC1(C(O)C(O)CO)O2. The number of phosphoric ester groups is 1. The maximum Gasteiger partial charge on any atom is 0.538 e. The molecule has 0 radical (unpaired) electrons. The van der Waals surface area contributed by atoms with E-state index in [0.29, 0.717) is 0 Å². The third-order valence-corrected chi connectivity index (χ3v) is 3.29. The highest BCUT2D eigenvalue weighted by Crippen LogP contribution is 2.73. The van der Waals surface area contributed by atoms with Crippen molar-refractivity contribution in [3.05, 3.63) is 0 Å². The largest absolute Gasteiger partial charge is 0.538 e. The van der Waals surface area contributed by atoms with Crippen molar-refractivity contribution < 1.29 is 38.3 Å². The number of aliphatic hydroxyl groups is 3. The summed E-state index contributed by atoms with van der Waals surface area (Å²) < 4.78 is 24.1. The molecule has 8 nitrogen and oxygen atoms in total. The van der Waals surface area contributed by atoms with Gasteiger partial charge in [-0.05, 0) is 0 Å². The number of fused-ring (bicyclic) bond motifs is 1. The van der Waals surface area contributed by atoms with E-state index < -0.39 is 38.4 Å². The Kier molecular flexibility index (Phi) is 1.97. The van der Waals surface area contributed by atoms with E-state index >= 15 is 0 Å². The Morgan fingerprint density at radius 2 is 2.00 bits per heavy atom. The van der Waals surface area contributed by atoms with E-state index in [1.54, 1.807) is 0 Å². The van der Waals surface area contributed by atoms with Crippen molar-refractivity contribution in [1.29, 1.82) is 0 Å². The van der Waals surface area contributed by atoms with Gasteiger partial charge in [-0.2, -0.15) is 0 Å². The lowest BCUT2D eigenvalue weighted by Gasteiger charge is -2.35. The van der Waals surface area contributed by atoms with Crippen molar-refractivity contribution >= 4 is 13.8 Å². The van der Waals surface area contributed by atoms with Crippen LogP contribution < -0.4 is 0 Å². The summed E-state index contributed by atoms with van der Waals surface area (Å²) in [6.07, 6.45) is -3.49. The van der Waals surface area contributed by atoms with Gasteiger partial charge < -0.3 is 19.8 Å². The predicted molar refractivity (Wildman–Crippen MR) is 37.7 cm³/mol. The summed E-state index contributed by atoms with van der Waals surface area (Å²) in [5.41, 5.74) is 0. The summed E-state index contributed by atoms with van der Waals surface area (Å²) in [4.78, 5) is 11.0. The van der Waals surface area contributed by atoms with Gasteiger partial charge in [0.25, 0.3) is 0 Å². The third-order valence-electron chi connectivity index (χ3n) is 1.91. The number of carbonyl (C=O) groups is 1. The normalized spacial score (nSPS) is 44.1. The molecule has 0 aromatic rings. The van der Waals surface area contributed by atoms with Crippen LogP contribution in [0.1, 0.15) is 0 Å². The molecule has 80 valence electrons. The zero-order valence-corrected chi connectivity index (χ0v) is 7.59. The Morgan fingerprint density at radius 3 is 2.36 bits per heavy atom. The maximum absolute atomic E-state index is 11.0. The molecule has 3 fully saturated rings. The van der Waals surface area contributed by atoms with Gasteiger partial charge in [0.15, 0.2) is 0 Å². The molecule has 2 unspecified atom stereocenters. The zero-order valence-electron chi connectivity index (χ0n) is 6.69. The van der Waals surface area contributed by atoms with Crippen LogP contribution in [0.15, 0.2) is 0 Å². The van der Waals surface area contributed by atoms with Crippen LogP contribution in [0.3, 0.4) is 0 Å². The molecule has 14 heavy (non-hydrogen) atoms. The molecule has 3 rings (SSSR count). The van der Waals surface area contributed by atoms with Crippen molar-refractivity contribution in [2.45, 2.75) is 18.0 Å². The Morgan fingerprint density at radius 1 is 1.43 bits per heavy atom. The van der Waals surface area contributed by atoms with E-state index in [4.69, 9.17) is 10.2 Å². The van der Waals surface area contributed by atoms with Crippen LogP contribution in [0.5, 0.6) is 0 Å².